The molecule has 0 aliphatic heterocycles. The molecule has 1 aromatic heterocycles. The number of hydrogen-bond donors (Lipinski definition) is 1. The molecule has 1 N–H and O–H groups in total. The molecular weight excluding hydrogens is 410 g/mol. The lowest BCUT2D eigenvalue weighted by molar-refractivity contribution is -0.118. The van der Waals surface area contributed by atoms with Gasteiger partial charge in [0.1, 0.15) is 5.75 Å². The normalized spacial score (nSPS) is 11.0. The van der Waals surface area contributed by atoms with Gasteiger partial charge in [0.25, 0.3) is 5.91 Å². The minimum atomic E-state index is -0.225. The van der Waals surface area contributed by atoms with E-state index < -0.39 is 0 Å². The molecular formula is C20H20ClN5O2S. The molecule has 7 nitrogen and oxygen atoms in total. The molecule has 0 atom stereocenters. The van der Waals surface area contributed by atoms with Gasteiger partial charge in [-0.25, -0.2) is 5.43 Å². The first-order chi connectivity index (χ1) is 14.1. The van der Waals surface area contributed by atoms with E-state index in [1.54, 1.807) is 25.5 Å². The van der Waals surface area contributed by atoms with E-state index in [1.807, 2.05) is 47.9 Å². The van der Waals surface area contributed by atoms with Gasteiger partial charge in [0.15, 0.2) is 11.0 Å². The summed E-state index contributed by atoms with van der Waals surface area (Å²) < 4.78 is 7.16. The number of ether oxygens (including phenoxy) is 1. The molecule has 0 saturated heterocycles. The number of hydrogen-bond acceptors (Lipinski definition) is 6. The lowest BCUT2D eigenvalue weighted by atomic mass is 10.2. The topological polar surface area (TPSA) is 81.4 Å². The molecule has 0 aliphatic rings. The molecule has 0 fully saturated rings. The number of hydrazone groups is 1. The highest BCUT2D eigenvalue weighted by Gasteiger charge is 2.14. The van der Waals surface area contributed by atoms with E-state index in [0.29, 0.717) is 16.7 Å². The smallest absolute Gasteiger partial charge is 0.250 e. The van der Waals surface area contributed by atoms with Crippen molar-refractivity contribution in [2.24, 2.45) is 5.10 Å². The average Bonchev–Trinajstić information content (AvgIpc) is 3.16. The first-order valence-corrected chi connectivity index (χ1v) is 10.2. The summed E-state index contributed by atoms with van der Waals surface area (Å²) in [6, 6.07) is 14.8. The van der Waals surface area contributed by atoms with Gasteiger partial charge in [0.05, 0.1) is 19.1 Å². The van der Waals surface area contributed by atoms with Crippen molar-refractivity contribution < 1.29 is 9.53 Å². The predicted octanol–water partition coefficient (Wildman–Crippen LogP) is 3.87. The van der Waals surface area contributed by atoms with Gasteiger partial charge >= 0.3 is 0 Å². The zero-order chi connectivity index (χ0) is 20.6. The van der Waals surface area contributed by atoms with Crippen LogP contribution in [0.2, 0.25) is 5.02 Å². The molecule has 0 radical (unpaired) electrons. The van der Waals surface area contributed by atoms with Crippen molar-refractivity contribution >= 4 is 35.5 Å². The monoisotopic (exact) mass is 429 g/mol. The maximum atomic E-state index is 12.1. The van der Waals surface area contributed by atoms with Crippen LogP contribution in [0.5, 0.6) is 5.75 Å². The molecule has 2 aromatic carbocycles. The highest BCUT2D eigenvalue weighted by molar-refractivity contribution is 7.99. The standard InChI is InChI=1S/C20H20ClN5O2S/c1-3-26-19(15-6-10-17(28-2)11-7-15)24-25-20(26)29-13-18(27)23-22-12-14-4-8-16(21)9-5-14/h4-12H,3,13H2,1-2H3,(H,23,27). The average molecular weight is 430 g/mol. The van der Waals surface area contributed by atoms with Crippen LogP contribution in [0.1, 0.15) is 12.5 Å². The fraction of sp³-hybridized carbons (Fsp3) is 0.200. The zero-order valence-corrected chi connectivity index (χ0v) is 17.6. The number of benzene rings is 2. The van der Waals surface area contributed by atoms with Crippen molar-refractivity contribution in [3.63, 3.8) is 0 Å². The number of rotatable bonds is 8. The van der Waals surface area contributed by atoms with E-state index in [2.05, 4.69) is 20.7 Å². The lowest BCUT2D eigenvalue weighted by Crippen LogP contribution is -2.20. The molecule has 150 valence electrons. The largest absolute Gasteiger partial charge is 0.497 e. The summed E-state index contributed by atoms with van der Waals surface area (Å²) in [7, 11) is 1.63. The van der Waals surface area contributed by atoms with Gasteiger partial charge in [-0.3, -0.25) is 4.79 Å². The van der Waals surface area contributed by atoms with E-state index in [0.717, 1.165) is 22.7 Å². The van der Waals surface area contributed by atoms with Crippen molar-refractivity contribution in [3.8, 4) is 17.1 Å². The summed E-state index contributed by atoms with van der Waals surface area (Å²) in [5.41, 5.74) is 4.29. The second-order valence-electron chi connectivity index (χ2n) is 5.91. The molecule has 0 saturated carbocycles. The Morgan fingerprint density at radius 3 is 2.59 bits per heavy atom. The molecule has 3 aromatic rings. The van der Waals surface area contributed by atoms with Crippen molar-refractivity contribution in [2.75, 3.05) is 12.9 Å². The summed E-state index contributed by atoms with van der Waals surface area (Å²) in [5, 5.41) is 13.8. The first kappa shape index (κ1) is 20.9. The van der Waals surface area contributed by atoms with Gasteiger partial charge in [-0.1, -0.05) is 35.5 Å². The number of thioether (sulfide) groups is 1. The van der Waals surface area contributed by atoms with Crippen LogP contribution in [-0.2, 0) is 11.3 Å². The second kappa shape index (κ2) is 10.1. The van der Waals surface area contributed by atoms with Gasteiger partial charge < -0.3 is 9.30 Å². The van der Waals surface area contributed by atoms with Gasteiger partial charge in [0, 0.05) is 17.1 Å². The molecule has 9 heteroatoms. The Bertz CT molecular complexity index is 987. The molecule has 0 spiro atoms. The van der Waals surface area contributed by atoms with E-state index in [-0.39, 0.29) is 11.7 Å². The summed E-state index contributed by atoms with van der Waals surface area (Å²) >= 11 is 7.15. The number of aromatic nitrogens is 3. The first-order valence-electron chi connectivity index (χ1n) is 8.88. The number of methoxy groups -OCH3 is 1. The Kier molecular flexibility index (Phi) is 7.26. The van der Waals surface area contributed by atoms with E-state index in [9.17, 15) is 4.79 Å². The van der Waals surface area contributed by atoms with Gasteiger partial charge in [-0.05, 0) is 48.9 Å². The van der Waals surface area contributed by atoms with E-state index in [1.165, 1.54) is 11.8 Å². The quantitative estimate of drug-likeness (QED) is 0.334. The lowest BCUT2D eigenvalue weighted by Gasteiger charge is -2.07. The van der Waals surface area contributed by atoms with Crippen LogP contribution in [0.15, 0.2) is 58.8 Å². The van der Waals surface area contributed by atoms with Gasteiger partial charge in [-0.2, -0.15) is 5.10 Å². The fourth-order valence-corrected chi connectivity index (χ4v) is 3.44. The third kappa shape index (κ3) is 5.58. The fourth-order valence-electron chi connectivity index (χ4n) is 2.52. The molecule has 1 heterocycles. The number of nitrogens with one attached hydrogen (secondary N) is 1. The maximum absolute atomic E-state index is 12.1. The number of carbonyl (C=O) groups is 1. The van der Waals surface area contributed by atoms with Gasteiger partial charge in [-0.15, -0.1) is 10.2 Å². The molecule has 0 unspecified atom stereocenters. The zero-order valence-electron chi connectivity index (χ0n) is 16.0. The van der Waals surface area contributed by atoms with Crippen LogP contribution in [-0.4, -0.2) is 39.7 Å². The predicted molar refractivity (Wildman–Crippen MR) is 116 cm³/mol. The summed E-state index contributed by atoms with van der Waals surface area (Å²) in [4.78, 5) is 12.1. The summed E-state index contributed by atoms with van der Waals surface area (Å²) in [5.74, 6) is 1.48. The highest BCUT2D eigenvalue weighted by atomic mass is 35.5. The van der Waals surface area contributed by atoms with Crippen LogP contribution in [0.3, 0.4) is 0 Å². The SMILES string of the molecule is CCn1c(SCC(=O)NN=Cc2ccc(Cl)cc2)nnc1-c1ccc(OC)cc1. The van der Waals surface area contributed by atoms with Crippen LogP contribution >= 0.6 is 23.4 Å². The Balaban J connectivity index is 1.59. The number of nitrogens with zero attached hydrogens (tertiary/aromatic N) is 4. The Hall–Kier alpha value is -2.84. The molecule has 0 bridgehead atoms. The minimum absolute atomic E-state index is 0.179. The number of amides is 1. The van der Waals surface area contributed by atoms with E-state index in [4.69, 9.17) is 16.3 Å². The summed E-state index contributed by atoms with van der Waals surface area (Å²) in [6.45, 7) is 2.70. The third-order valence-electron chi connectivity index (χ3n) is 3.99. The maximum Gasteiger partial charge on any atom is 0.250 e. The second-order valence-corrected chi connectivity index (χ2v) is 7.29. The van der Waals surface area contributed by atoms with Crippen LogP contribution < -0.4 is 10.2 Å². The van der Waals surface area contributed by atoms with Gasteiger partial charge in [0.2, 0.25) is 0 Å². The third-order valence-corrected chi connectivity index (χ3v) is 5.21. The minimum Gasteiger partial charge on any atom is -0.497 e. The number of carbonyl (C=O) groups excluding carboxylic acids is 1. The Labute approximate surface area is 178 Å². The van der Waals surface area contributed by atoms with Crippen LogP contribution in [0.25, 0.3) is 11.4 Å². The highest BCUT2D eigenvalue weighted by Crippen LogP contribution is 2.25. The number of halogens is 1. The van der Waals surface area contributed by atoms with Crippen LogP contribution in [0, 0.1) is 0 Å². The molecule has 0 aliphatic carbocycles. The molecule has 29 heavy (non-hydrogen) atoms. The van der Waals surface area contributed by atoms with Crippen LogP contribution in [0.4, 0.5) is 0 Å². The Morgan fingerprint density at radius 1 is 1.21 bits per heavy atom. The Morgan fingerprint density at radius 2 is 1.93 bits per heavy atom. The van der Waals surface area contributed by atoms with Crippen molar-refractivity contribution in [1.82, 2.24) is 20.2 Å². The summed E-state index contributed by atoms with van der Waals surface area (Å²) in [6.07, 6.45) is 1.56. The van der Waals surface area contributed by atoms with E-state index >= 15 is 0 Å². The van der Waals surface area contributed by atoms with Crippen molar-refractivity contribution in [1.29, 1.82) is 0 Å². The van der Waals surface area contributed by atoms with Crippen molar-refractivity contribution in [2.45, 2.75) is 18.6 Å². The van der Waals surface area contributed by atoms with Crippen molar-refractivity contribution in [3.05, 3.63) is 59.1 Å². The molecule has 3 rings (SSSR count). The molecule has 1 amide bonds.